The molecule has 1 heterocycles. The Morgan fingerprint density at radius 3 is 2.70 bits per heavy atom. The Labute approximate surface area is 121 Å². The van der Waals surface area contributed by atoms with Crippen LogP contribution in [0.25, 0.3) is 0 Å². The second-order valence-corrected chi connectivity index (χ2v) is 5.96. The Kier molecular flexibility index (Phi) is 4.99. The molecule has 20 heavy (non-hydrogen) atoms. The highest BCUT2D eigenvalue weighted by atomic mass is 16.1. The molecule has 2 rings (SSSR count). The van der Waals surface area contributed by atoms with Gasteiger partial charge in [-0.3, -0.25) is 4.79 Å². The molecular weight excluding hydrogens is 250 g/mol. The number of pyridine rings is 1. The van der Waals surface area contributed by atoms with Crippen LogP contribution in [0.1, 0.15) is 55.6 Å². The lowest BCUT2D eigenvalue weighted by Crippen LogP contribution is -2.31. The number of nitrogens with two attached hydrogens (primary N) is 1. The molecule has 1 aromatic heterocycles. The van der Waals surface area contributed by atoms with Crippen molar-refractivity contribution in [2.75, 3.05) is 12.3 Å². The van der Waals surface area contributed by atoms with Crippen LogP contribution >= 0.6 is 0 Å². The van der Waals surface area contributed by atoms with E-state index in [-0.39, 0.29) is 5.91 Å². The van der Waals surface area contributed by atoms with Crippen molar-refractivity contribution in [3.8, 4) is 0 Å². The molecule has 3 N–H and O–H groups in total. The molecule has 0 spiro atoms. The number of nitrogen functional groups attached to an aromatic ring is 1. The lowest BCUT2D eigenvalue weighted by molar-refractivity contribution is 0.0941. The van der Waals surface area contributed by atoms with Gasteiger partial charge in [0.05, 0.1) is 0 Å². The summed E-state index contributed by atoms with van der Waals surface area (Å²) in [5, 5.41) is 3.04. The second-order valence-electron chi connectivity index (χ2n) is 5.96. The number of hydrogen-bond donors (Lipinski definition) is 2. The number of amides is 1. The van der Waals surface area contributed by atoms with Crippen molar-refractivity contribution < 1.29 is 4.79 Å². The van der Waals surface area contributed by atoms with Gasteiger partial charge in [-0.05, 0) is 43.2 Å². The molecule has 0 atom stereocenters. The molecule has 0 unspecified atom stereocenters. The first-order valence-corrected chi connectivity index (χ1v) is 7.63. The van der Waals surface area contributed by atoms with Gasteiger partial charge in [-0.1, -0.05) is 26.7 Å². The van der Waals surface area contributed by atoms with Gasteiger partial charge in [-0.25, -0.2) is 4.98 Å². The van der Waals surface area contributed by atoms with Crippen LogP contribution in [0.2, 0.25) is 0 Å². The van der Waals surface area contributed by atoms with Crippen molar-refractivity contribution >= 4 is 11.7 Å². The normalized spacial score (nSPS) is 22.5. The van der Waals surface area contributed by atoms with E-state index in [4.69, 9.17) is 5.73 Å². The standard InChI is InChI=1S/C16H25N3O/c1-3-14-8-13(9-15(17)19-14)16(20)18-10-12-6-4-11(2)5-7-12/h8-9,11-12H,3-7,10H2,1-2H3,(H2,17,19)(H,18,20). The van der Waals surface area contributed by atoms with Crippen LogP contribution in [-0.4, -0.2) is 17.4 Å². The molecule has 0 aliphatic heterocycles. The van der Waals surface area contributed by atoms with E-state index < -0.39 is 0 Å². The third-order valence-corrected chi connectivity index (χ3v) is 4.21. The highest BCUT2D eigenvalue weighted by Crippen LogP contribution is 2.27. The fourth-order valence-corrected chi connectivity index (χ4v) is 2.80. The maximum atomic E-state index is 12.2. The smallest absolute Gasteiger partial charge is 0.251 e. The number of hydrogen-bond acceptors (Lipinski definition) is 3. The zero-order chi connectivity index (χ0) is 14.5. The molecule has 0 bridgehead atoms. The van der Waals surface area contributed by atoms with Crippen molar-refractivity contribution in [2.45, 2.75) is 46.0 Å². The van der Waals surface area contributed by atoms with Crippen molar-refractivity contribution in [1.82, 2.24) is 10.3 Å². The molecule has 1 saturated carbocycles. The van der Waals surface area contributed by atoms with E-state index in [9.17, 15) is 4.79 Å². The van der Waals surface area contributed by atoms with E-state index >= 15 is 0 Å². The number of aromatic nitrogens is 1. The molecule has 1 aliphatic rings. The van der Waals surface area contributed by atoms with Gasteiger partial charge >= 0.3 is 0 Å². The van der Waals surface area contributed by atoms with Crippen molar-refractivity contribution in [3.63, 3.8) is 0 Å². The Hall–Kier alpha value is -1.58. The minimum atomic E-state index is -0.0348. The summed E-state index contributed by atoms with van der Waals surface area (Å²) in [6, 6.07) is 3.48. The first kappa shape index (κ1) is 14.8. The predicted octanol–water partition coefficient (Wildman–Crippen LogP) is 2.78. The number of carbonyl (C=O) groups is 1. The second kappa shape index (κ2) is 6.73. The molecule has 4 nitrogen and oxygen atoms in total. The predicted molar refractivity (Wildman–Crippen MR) is 81.5 cm³/mol. The van der Waals surface area contributed by atoms with Crippen molar-refractivity contribution in [1.29, 1.82) is 0 Å². The SMILES string of the molecule is CCc1cc(C(=O)NCC2CCC(C)CC2)cc(N)n1. The maximum Gasteiger partial charge on any atom is 0.251 e. The molecule has 110 valence electrons. The Balaban J connectivity index is 1.90. The first-order chi connectivity index (χ1) is 9.58. The van der Waals surface area contributed by atoms with Crippen molar-refractivity contribution in [3.05, 3.63) is 23.4 Å². The number of rotatable bonds is 4. The third-order valence-electron chi connectivity index (χ3n) is 4.21. The van der Waals surface area contributed by atoms with E-state index in [1.165, 1.54) is 25.7 Å². The van der Waals surface area contributed by atoms with Gasteiger partial charge in [0, 0.05) is 17.8 Å². The molecule has 1 fully saturated rings. The Bertz CT molecular complexity index is 465. The molecule has 1 aliphatic carbocycles. The van der Waals surface area contributed by atoms with Gasteiger partial charge in [-0.15, -0.1) is 0 Å². The summed E-state index contributed by atoms with van der Waals surface area (Å²) in [6.07, 6.45) is 5.79. The number of carbonyl (C=O) groups excluding carboxylic acids is 1. The molecule has 1 aromatic rings. The molecule has 0 aromatic carbocycles. The monoisotopic (exact) mass is 275 g/mol. The summed E-state index contributed by atoms with van der Waals surface area (Å²) < 4.78 is 0. The van der Waals surface area contributed by atoms with Crippen LogP contribution in [0.5, 0.6) is 0 Å². The zero-order valence-electron chi connectivity index (χ0n) is 12.5. The van der Waals surface area contributed by atoms with E-state index in [2.05, 4.69) is 17.2 Å². The van der Waals surface area contributed by atoms with Crippen LogP contribution in [0.4, 0.5) is 5.82 Å². The van der Waals surface area contributed by atoms with Gasteiger partial charge in [0.2, 0.25) is 0 Å². The number of aryl methyl sites for hydroxylation is 1. The number of anilines is 1. The topological polar surface area (TPSA) is 68.0 Å². The largest absolute Gasteiger partial charge is 0.384 e. The average molecular weight is 275 g/mol. The molecule has 1 amide bonds. The third kappa shape index (κ3) is 3.95. The van der Waals surface area contributed by atoms with Crippen LogP contribution < -0.4 is 11.1 Å². The highest BCUT2D eigenvalue weighted by Gasteiger charge is 2.19. The first-order valence-electron chi connectivity index (χ1n) is 7.63. The minimum Gasteiger partial charge on any atom is -0.384 e. The molecule has 4 heteroatoms. The van der Waals surface area contributed by atoms with Crippen LogP contribution in [0, 0.1) is 11.8 Å². The number of nitrogens with zero attached hydrogens (tertiary/aromatic N) is 1. The van der Waals surface area contributed by atoms with Gasteiger partial charge in [-0.2, -0.15) is 0 Å². The summed E-state index contributed by atoms with van der Waals surface area (Å²) in [4.78, 5) is 16.4. The van der Waals surface area contributed by atoms with E-state index in [0.717, 1.165) is 24.6 Å². The fraction of sp³-hybridized carbons (Fsp3) is 0.625. The van der Waals surface area contributed by atoms with Crippen LogP contribution in [-0.2, 0) is 6.42 Å². The van der Waals surface area contributed by atoms with Crippen LogP contribution in [0.15, 0.2) is 12.1 Å². The van der Waals surface area contributed by atoms with E-state index in [0.29, 0.717) is 17.3 Å². The summed E-state index contributed by atoms with van der Waals surface area (Å²) >= 11 is 0. The lowest BCUT2D eigenvalue weighted by Gasteiger charge is -2.26. The fourth-order valence-electron chi connectivity index (χ4n) is 2.80. The van der Waals surface area contributed by atoms with Gasteiger partial charge in [0.15, 0.2) is 0 Å². The molecular formula is C16H25N3O. The van der Waals surface area contributed by atoms with E-state index in [1.54, 1.807) is 6.07 Å². The minimum absolute atomic E-state index is 0.0348. The van der Waals surface area contributed by atoms with Crippen LogP contribution in [0.3, 0.4) is 0 Å². The quantitative estimate of drug-likeness (QED) is 0.888. The summed E-state index contributed by atoms with van der Waals surface area (Å²) in [7, 11) is 0. The molecule has 0 radical (unpaired) electrons. The number of nitrogens with one attached hydrogen (secondary N) is 1. The summed E-state index contributed by atoms with van der Waals surface area (Å²) in [5.74, 6) is 1.85. The Morgan fingerprint density at radius 1 is 1.35 bits per heavy atom. The summed E-state index contributed by atoms with van der Waals surface area (Å²) in [6.45, 7) is 5.09. The van der Waals surface area contributed by atoms with Gasteiger partial charge < -0.3 is 11.1 Å². The lowest BCUT2D eigenvalue weighted by atomic mass is 9.83. The van der Waals surface area contributed by atoms with Crippen molar-refractivity contribution in [2.24, 2.45) is 11.8 Å². The van der Waals surface area contributed by atoms with Gasteiger partial charge in [0.25, 0.3) is 5.91 Å². The summed E-state index contributed by atoms with van der Waals surface area (Å²) in [5.41, 5.74) is 7.22. The zero-order valence-corrected chi connectivity index (χ0v) is 12.5. The average Bonchev–Trinajstić information content (AvgIpc) is 2.45. The Morgan fingerprint density at radius 2 is 2.05 bits per heavy atom. The van der Waals surface area contributed by atoms with Gasteiger partial charge in [0.1, 0.15) is 5.82 Å². The maximum absolute atomic E-state index is 12.2. The highest BCUT2D eigenvalue weighted by molar-refractivity contribution is 5.94. The van der Waals surface area contributed by atoms with E-state index in [1.807, 2.05) is 13.0 Å². The molecule has 0 saturated heterocycles.